The average molecular weight is 201 g/mol. The highest BCUT2D eigenvalue weighted by atomic mass is 16.5. The maximum absolute atomic E-state index is 5.33. The normalized spacial score (nSPS) is 16.4. The quantitative estimate of drug-likeness (QED) is 0.692. The van der Waals surface area contributed by atoms with E-state index >= 15 is 0 Å². The van der Waals surface area contributed by atoms with Gasteiger partial charge in [-0.25, -0.2) is 0 Å². The number of anilines is 1. The number of hydrogen-bond donors (Lipinski definition) is 0. The monoisotopic (exact) mass is 201 g/mol. The Morgan fingerprint density at radius 3 is 2.80 bits per heavy atom. The van der Waals surface area contributed by atoms with Crippen LogP contribution in [-0.2, 0) is 4.74 Å². The fourth-order valence-corrected chi connectivity index (χ4v) is 1.56. The second kappa shape index (κ2) is 5.25. The maximum Gasteiger partial charge on any atom is 0.105 e. The van der Waals surface area contributed by atoms with E-state index in [-0.39, 0.29) is 0 Å². The van der Waals surface area contributed by atoms with Crippen LogP contribution in [0.15, 0.2) is 54.8 Å². The third-order valence-electron chi connectivity index (χ3n) is 2.35. The van der Waals surface area contributed by atoms with Gasteiger partial charge < -0.3 is 9.64 Å². The van der Waals surface area contributed by atoms with Crippen LogP contribution in [0, 0.1) is 0 Å². The fourth-order valence-electron chi connectivity index (χ4n) is 1.56. The summed E-state index contributed by atoms with van der Waals surface area (Å²) in [6, 6.07) is 10.4. The van der Waals surface area contributed by atoms with Gasteiger partial charge >= 0.3 is 0 Å². The van der Waals surface area contributed by atoms with Crippen LogP contribution in [0.25, 0.3) is 0 Å². The van der Waals surface area contributed by atoms with Crippen LogP contribution in [0.1, 0.15) is 0 Å². The van der Waals surface area contributed by atoms with E-state index in [9.17, 15) is 0 Å². The molecule has 0 aliphatic carbocycles. The van der Waals surface area contributed by atoms with Crippen molar-refractivity contribution in [3.8, 4) is 0 Å². The van der Waals surface area contributed by atoms with E-state index in [1.54, 1.807) is 6.26 Å². The third-order valence-corrected chi connectivity index (χ3v) is 2.35. The van der Waals surface area contributed by atoms with Gasteiger partial charge in [-0.3, -0.25) is 0 Å². The number of ether oxygens (including phenoxy) is 1. The van der Waals surface area contributed by atoms with Gasteiger partial charge in [0.1, 0.15) is 6.61 Å². The minimum absolute atomic E-state index is 0.729. The molecular weight excluding hydrogens is 186 g/mol. The lowest BCUT2D eigenvalue weighted by Gasteiger charge is -2.22. The van der Waals surface area contributed by atoms with Gasteiger partial charge in [-0.1, -0.05) is 30.4 Å². The molecule has 0 amide bonds. The number of nitrogens with zero attached hydrogens (tertiary/aromatic N) is 1. The van der Waals surface area contributed by atoms with Crippen LogP contribution in [0.2, 0.25) is 0 Å². The van der Waals surface area contributed by atoms with Gasteiger partial charge in [0.25, 0.3) is 0 Å². The summed E-state index contributed by atoms with van der Waals surface area (Å²) in [6.45, 7) is 2.57. The Bertz CT molecular complexity index is 343. The molecule has 2 heteroatoms. The van der Waals surface area contributed by atoms with E-state index in [1.807, 2.05) is 18.2 Å². The summed E-state index contributed by atoms with van der Waals surface area (Å²) >= 11 is 0. The zero-order valence-corrected chi connectivity index (χ0v) is 8.67. The molecule has 2 nitrogen and oxygen atoms in total. The zero-order valence-electron chi connectivity index (χ0n) is 8.67. The molecule has 0 saturated heterocycles. The third kappa shape index (κ3) is 2.88. The molecule has 1 aliphatic rings. The second-order valence-electron chi connectivity index (χ2n) is 3.41. The summed E-state index contributed by atoms with van der Waals surface area (Å²) in [4.78, 5) is 2.30. The van der Waals surface area contributed by atoms with Gasteiger partial charge in [0, 0.05) is 12.2 Å². The molecule has 0 N–H and O–H groups in total. The Morgan fingerprint density at radius 1 is 1.07 bits per heavy atom. The predicted molar refractivity (Wildman–Crippen MR) is 62.9 cm³/mol. The van der Waals surface area contributed by atoms with Crippen molar-refractivity contribution in [2.24, 2.45) is 0 Å². The molecule has 0 radical (unpaired) electrons. The molecule has 0 saturated carbocycles. The molecule has 0 spiro atoms. The van der Waals surface area contributed by atoms with Crippen LogP contribution in [0.5, 0.6) is 0 Å². The van der Waals surface area contributed by atoms with Crippen molar-refractivity contribution in [1.29, 1.82) is 0 Å². The maximum atomic E-state index is 5.33. The average Bonchev–Trinajstić information content (AvgIpc) is 2.43. The summed E-state index contributed by atoms with van der Waals surface area (Å²) in [5, 5.41) is 0. The number of para-hydroxylation sites is 1. The van der Waals surface area contributed by atoms with E-state index in [1.165, 1.54) is 5.69 Å². The SMILES string of the molecule is C1=CCN(c2ccccc2)CCOC=C1. The lowest BCUT2D eigenvalue weighted by atomic mass is 10.3. The van der Waals surface area contributed by atoms with Crippen LogP contribution >= 0.6 is 0 Å². The van der Waals surface area contributed by atoms with Crippen molar-refractivity contribution in [2.45, 2.75) is 0 Å². The summed E-state index contributed by atoms with van der Waals surface area (Å²) in [5.74, 6) is 0. The molecule has 15 heavy (non-hydrogen) atoms. The summed E-state index contributed by atoms with van der Waals surface area (Å²) < 4.78 is 5.33. The number of benzene rings is 1. The first kappa shape index (κ1) is 9.84. The first-order chi connectivity index (χ1) is 7.47. The molecule has 0 aromatic heterocycles. The number of hydrogen-bond acceptors (Lipinski definition) is 2. The topological polar surface area (TPSA) is 12.5 Å². The smallest absolute Gasteiger partial charge is 0.105 e. The summed E-state index contributed by atoms with van der Waals surface area (Å²) in [5.41, 5.74) is 1.24. The van der Waals surface area contributed by atoms with E-state index in [4.69, 9.17) is 4.74 Å². The Morgan fingerprint density at radius 2 is 1.93 bits per heavy atom. The van der Waals surface area contributed by atoms with Crippen LogP contribution in [0.3, 0.4) is 0 Å². The van der Waals surface area contributed by atoms with E-state index in [0.717, 1.165) is 19.7 Å². The second-order valence-corrected chi connectivity index (χ2v) is 3.41. The van der Waals surface area contributed by atoms with E-state index in [0.29, 0.717) is 0 Å². The molecule has 0 unspecified atom stereocenters. The lowest BCUT2D eigenvalue weighted by Crippen LogP contribution is -2.26. The lowest BCUT2D eigenvalue weighted by molar-refractivity contribution is 0.257. The molecular formula is C13H15NO. The Labute approximate surface area is 90.5 Å². The van der Waals surface area contributed by atoms with E-state index < -0.39 is 0 Å². The fraction of sp³-hybridized carbons (Fsp3) is 0.231. The molecule has 1 aliphatic heterocycles. The standard InChI is InChI=1S/C13H15NO/c1-3-7-13(8-4-1)14-9-5-2-6-11-15-12-10-14/h1-8,11H,9-10,12H2. The predicted octanol–water partition coefficient (Wildman–Crippen LogP) is 2.59. The van der Waals surface area contributed by atoms with Crippen LogP contribution in [0.4, 0.5) is 5.69 Å². The Kier molecular flexibility index (Phi) is 3.44. The molecule has 0 atom stereocenters. The van der Waals surface area contributed by atoms with Gasteiger partial charge in [0.05, 0.1) is 12.8 Å². The zero-order chi connectivity index (χ0) is 10.3. The van der Waals surface area contributed by atoms with Gasteiger partial charge in [0.2, 0.25) is 0 Å². The van der Waals surface area contributed by atoms with Gasteiger partial charge in [0.15, 0.2) is 0 Å². The molecule has 1 aromatic rings. The highest BCUT2D eigenvalue weighted by molar-refractivity contribution is 5.46. The highest BCUT2D eigenvalue weighted by Crippen LogP contribution is 2.13. The van der Waals surface area contributed by atoms with Crippen molar-refractivity contribution >= 4 is 5.69 Å². The first-order valence-electron chi connectivity index (χ1n) is 5.20. The summed E-state index contributed by atoms with van der Waals surface area (Å²) in [7, 11) is 0. The molecule has 0 bridgehead atoms. The van der Waals surface area contributed by atoms with Crippen molar-refractivity contribution < 1.29 is 4.74 Å². The van der Waals surface area contributed by atoms with Crippen LogP contribution in [-0.4, -0.2) is 19.7 Å². The van der Waals surface area contributed by atoms with Crippen LogP contribution < -0.4 is 4.90 Å². The largest absolute Gasteiger partial charge is 0.499 e. The van der Waals surface area contributed by atoms with Crippen molar-refractivity contribution in [1.82, 2.24) is 0 Å². The number of rotatable bonds is 1. The van der Waals surface area contributed by atoms with Gasteiger partial charge in [-0.15, -0.1) is 0 Å². The molecule has 1 heterocycles. The minimum atomic E-state index is 0.729. The molecule has 2 rings (SSSR count). The molecule has 1 aromatic carbocycles. The van der Waals surface area contributed by atoms with Crippen molar-refractivity contribution in [3.63, 3.8) is 0 Å². The van der Waals surface area contributed by atoms with Crippen molar-refractivity contribution in [2.75, 3.05) is 24.6 Å². The molecule has 0 fully saturated rings. The Balaban J connectivity index is 2.08. The van der Waals surface area contributed by atoms with Gasteiger partial charge in [-0.05, 0) is 18.2 Å². The van der Waals surface area contributed by atoms with Crippen molar-refractivity contribution in [3.05, 3.63) is 54.8 Å². The summed E-state index contributed by atoms with van der Waals surface area (Å²) in [6.07, 6.45) is 7.82. The molecule has 78 valence electrons. The van der Waals surface area contributed by atoms with E-state index in [2.05, 4.69) is 35.2 Å². The Hall–Kier alpha value is -1.70. The van der Waals surface area contributed by atoms with Gasteiger partial charge in [-0.2, -0.15) is 0 Å². The number of allylic oxidation sites excluding steroid dienone is 2. The first-order valence-corrected chi connectivity index (χ1v) is 5.20. The minimum Gasteiger partial charge on any atom is -0.499 e. The highest BCUT2D eigenvalue weighted by Gasteiger charge is 2.03.